The number of benzene rings is 2. The Balaban J connectivity index is 2.12. The van der Waals surface area contributed by atoms with Gasteiger partial charge < -0.3 is 14.8 Å². The number of ether oxygens (including phenoxy) is 2. The second-order valence-electron chi connectivity index (χ2n) is 6.25. The monoisotopic (exact) mass is 341 g/mol. The van der Waals surface area contributed by atoms with Crippen LogP contribution in [0.3, 0.4) is 0 Å². The fraction of sp³-hybridized carbons (Fsp3) is 0.381. The molecule has 0 fully saturated rings. The van der Waals surface area contributed by atoms with Crippen molar-refractivity contribution in [3.8, 4) is 11.5 Å². The first kappa shape index (κ1) is 18.8. The van der Waals surface area contributed by atoms with E-state index in [0.717, 1.165) is 41.0 Å². The molecule has 0 saturated heterocycles. The first-order valence-electron chi connectivity index (χ1n) is 8.69. The summed E-state index contributed by atoms with van der Waals surface area (Å²) in [4.78, 5) is 12.2. The summed E-state index contributed by atoms with van der Waals surface area (Å²) in [7, 11) is 1.62. The maximum Gasteiger partial charge on any atom is 0.251 e. The van der Waals surface area contributed by atoms with Crippen LogP contribution in [-0.4, -0.2) is 19.6 Å². The number of hydrogen-bond donors (Lipinski definition) is 1. The standard InChI is InChI=1S/C21H27NO3/c1-5-6-9-22-21(23)17-7-8-20(24-4)18(13-17)14-25-19-11-15(2)10-16(3)12-19/h7-8,10-13H,5-6,9,14H2,1-4H3,(H,22,23). The predicted molar refractivity (Wildman–Crippen MR) is 100 cm³/mol. The van der Waals surface area contributed by atoms with Crippen molar-refractivity contribution in [1.29, 1.82) is 0 Å². The number of amides is 1. The Bertz CT molecular complexity index is 705. The number of carbonyl (C=O) groups is 1. The van der Waals surface area contributed by atoms with E-state index < -0.39 is 0 Å². The van der Waals surface area contributed by atoms with E-state index in [0.29, 0.717) is 18.7 Å². The van der Waals surface area contributed by atoms with Gasteiger partial charge in [-0.15, -0.1) is 0 Å². The highest BCUT2D eigenvalue weighted by Gasteiger charge is 2.11. The second-order valence-corrected chi connectivity index (χ2v) is 6.25. The van der Waals surface area contributed by atoms with Gasteiger partial charge in [0.15, 0.2) is 0 Å². The molecule has 0 aromatic heterocycles. The molecule has 0 atom stereocenters. The molecule has 1 N–H and O–H groups in total. The number of unbranched alkanes of at least 4 members (excludes halogenated alkanes) is 1. The van der Waals surface area contributed by atoms with E-state index in [1.165, 1.54) is 0 Å². The number of nitrogens with one attached hydrogen (secondary N) is 1. The highest BCUT2D eigenvalue weighted by atomic mass is 16.5. The predicted octanol–water partition coefficient (Wildman–Crippen LogP) is 4.42. The fourth-order valence-electron chi connectivity index (χ4n) is 2.69. The summed E-state index contributed by atoms with van der Waals surface area (Å²) in [6, 6.07) is 11.5. The van der Waals surface area contributed by atoms with Gasteiger partial charge in [-0.2, -0.15) is 0 Å². The Morgan fingerprint density at radius 2 is 1.80 bits per heavy atom. The molecule has 25 heavy (non-hydrogen) atoms. The maximum absolute atomic E-state index is 12.2. The number of carbonyl (C=O) groups excluding carboxylic acids is 1. The molecule has 1 amide bonds. The minimum absolute atomic E-state index is 0.0660. The van der Waals surface area contributed by atoms with E-state index >= 15 is 0 Å². The van der Waals surface area contributed by atoms with E-state index in [1.54, 1.807) is 13.2 Å². The molecule has 2 aromatic rings. The van der Waals surface area contributed by atoms with Gasteiger partial charge in [-0.25, -0.2) is 0 Å². The van der Waals surface area contributed by atoms with Gasteiger partial charge >= 0.3 is 0 Å². The normalized spacial score (nSPS) is 10.4. The van der Waals surface area contributed by atoms with Crippen LogP contribution >= 0.6 is 0 Å². The molecule has 0 spiro atoms. The zero-order valence-corrected chi connectivity index (χ0v) is 15.5. The summed E-state index contributed by atoms with van der Waals surface area (Å²) < 4.78 is 11.3. The second kappa shape index (κ2) is 9.11. The molecule has 2 rings (SSSR count). The van der Waals surface area contributed by atoms with Crippen molar-refractivity contribution in [3.63, 3.8) is 0 Å². The SMILES string of the molecule is CCCCNC(=O)c1ccc(OC)c(COc2cc(C)cc(C)c2)c1. The zero-order valence-electron chi connectivity index (χ0n) is 15.5. The lowest BCUT2D eigenvalue weighted by Gasteiger charge is -2.13. The molecule has 0 aliphatic heterocycles. The van der Waals surface area contributed by atoms with E-state index in [1.807, 2.05) is 38.1 Å². The molecule has 4 heteroatoms. The smallest absolute Gasteiger partial charge is 0.251 e. The quantitative estimate of drug-likeness (QED) is 0.723. The summed E-state index contributed by atoms with van der Waals surface area (Å²) in [5.74, 6) is 1.47. The van der Waals surface area contributed by atoms with Crippen molar-refractivity contribution >= 4 is 5.91 Å². The summed E-state index contributed by atoms with van der Waals surface area (Å²) in [5, 5.41) is 2.93. The minimum atomic E-state index is -0.0660. The molecular formula is C21H27NO3. The third-order valence-corrected chi connectivity index (χ3v) is 3.95. The van der Waals surface area contributed by atoms with E-state index in [4.69, 9.17) is 9.47 Å². The number of methoxy groups -OCH3 is 1. The van der Waals surface area contributed by atoms with Crippen LogP contribution in [-0.2, 0) is 6.61 Å². The zero-order chi connectivity index (χ0) is 18.2. The average Bonchev–Trinajstić information content (AvgIpc) is 2.59. The Morgan fingerprint density at radius 3 is 2.44 bits per heavy atom. The number of aryl methyl sites for hydroxylation is 2. The van der Waals surface area contributed by atoms with Crippen molar-refractivity contribution in [2.75, 3.05) is 13.7 Å². The largest absolute Gasteiger partial charge is 0.496 e. The Kier molecular flexibility index (Phi) is 6.87. The average molecular weight is 341 g/mol. The maximum atomic E-state index is 12.2. The third-order valence-electron chi connectivity index (χ3n) is 3.95. The number of hydrogen-bond acceptors (Lipinski definition) is 3. The molecular weight excluding hydrogens is 314 g/mol. The van der Waals surface area contributed by atoms with E-state index in [9.17, 15) is 4.79 Å². The lowest BCUT2D eigenvalue weighted by molar-refractivity contribution is 0.0953. The molecule has 0 unspecified atom stereocenters. The fourth-order valence-corrected chi connectivity index (χ4v) is 2.69. The van der Waals surface area contributed by atoms with Gasteiger partial charge in [0.1, 0.15) is 18.1 Å². The molecule has 0 saturated carbocycles. The van der Waals surface area contributed by atoms with Gasteiger partial charge in [-0.3, -0.25) is 4.79 Å². The van der Waals surface area contributed by atoms with Crippen LogP contribution in [0.25, 0.3) is 0 Å². The third kappa shape index (κ3) is 5.52. The van der Waals surface area contributed by atoms with Gasteiger partial charge in [0.05, 0.1) is 7.11 Å². The molecule has 2 aromatic carbocycles. The van der Waals surface area contributed by atoms with Crippen molar-refractivity contribution in [2.45, 2.75) is 40.2 Å². The highest BCUT2D eigenvalue weighted by molar-refractivity contribution is 5.94. The highest BCUT2D eigenvalue weighted by Crippen LogP contribution is 2.23. The topological polar surface area (TPSA) is 47.6 Å². The lowest BCUT2D eigenvalue weighted by atomic mass is 10.1. The first-order chi connectivity index (χ1) is 12.0. The minimum Gasteiger partial charge on any atom is -0.496 e. The van der Waals surface area contributed by atoms with Crippen LogP contribution in [0.1, 0.15) is 46.8 Å². The molecule has 4 nitrogen and oxygen atoms in total. The molecule has 0 aliphatic carbocycles. The molecule has 0 bridgehead atoms. The van der Waals surface area contributed by atoms with Crippen molar-refractivity contribution in [3.05, 3.63) is 58.7 Å². The Labute approximate surface area is 150 Å². The molecule has 0 aliphatic rings. The Hall–Kier alpha value is -2.49. The first-order valence-corrected chi connectivity index (χ1v) is 8.69. The van der Waals surface area contributed by atoms with Crippen LogP contribution in [0, 0.1) is 13.8 Å². The van der Waals surface area contributed by atoms with Crippen LogP contribution in [0.2, 0.25) is 0 Å². The van der Waals surface area contributed by atoms with Crippen molar-refractivity contribution < 1.29 is 14.3 Å². The summed E-state index contributed by atoms with van der Waals surface area (Å²) in [6.07, 6.45) is 2.03. The van der Waals surface area contributed by atoms with E-state index in [-0.39, 0.29) is 5.91 Å². The Morgan fingerprint density at radius 1 is 1.08 bits per heavy atom. The van der Waals surface area contributed by atoms with Gasteiger partial charge in [-0.05, 0) is 61.7 Å². The summed E-state index contributed by atoms with van der Waals surface area (Å²) >= 11 is 0. The van der Waals surface area contributed by atoms with Crippen LogP contribution in [0.5, 0.6) is 11.5 Å². The summed E-state index contributed by atoms with van der Waals surface area (Å²) in [5.41, 5.74) is 3.79. The van der Waals surface area contributed by atoms with Crippen molar-refractivity contribution in [1.82, 2.24) is 5.32 Å². The van der Waals surface area contributed by atoms with Gasteiger partial charge in [0.2, 0.25) is 0 Å². The number of rotatable bonds is 8. The van der Waals surface area contributed by atoms with Gasteiger partial charge in [0.25, 0.3) is 5.91 Å². The van der Waals surface area contributed by atoms with Gasteiger partial charge in [0, 0.05) is 17.7 Å². The van der Waals surface area contributed by atoms with Gasteiger partial charge in [-0.1, -0.05) is 19.4 Å². The van der Waals surface area contributed by atoms with Crippen molar-refractivity contribution in [2.24, 2.45) is 0 Å². The van der Waals surface area contributed by atoms with Crippen LogP contribution in [0.4, 0.5) is 0 Å². The van der Waals surface area contributed by atoms with E-state index in [2.05, 4.69) is 18.3 Å². The molecule has 0 radical (unpaired) electrons. The summed E-state index contributed by atoms with van der Waals surface area (Å²) in [6.45, 7) is 7.23. The molecule has 0 heterocycles. The lowest BCUT2D eigenvalue weighted by Crippen LogP contribution is -2.24. The van der Waals surface area contributed by atoms with Crippen LogP contribution < -0.4 is 14.8 Å². The van der Waals surface area contributed by atoms with Crippen LogP contribution in [0.15, 0.2) is 36.4 Å². The molecule has 134 valence electrons.